The van der Waals surface area contributed by atoms with Crippen molar-refractivity contribution in [2.45, 2.75) is 44.7 Å². The van der Waals surface area contributed by atoms with Crippen LogP contribution >= 0.6 is 0 Å². The lowest BCUT2D eigenvalue weighted by molar-refractivity contribution is -0.149. The number of amides is 2. The Bertz CT molecular complexity index is 332. The molecule has 0 radical (unpaired) electrons. The Morgan fingerprint density at radius 3 is 2.83 bits per heavy atom. The van der Waals surface area contributed by atoms with Crippen molar-refractivity contribution >= 4 is 11.8 Å². The summed E-state index contributed by atoms with van der Waals surface area (Å²) in [6, 6.07) is 0.288. The van der Waals surface area contributed by atoms with Crippen LogP contribution in [-0.4, -0.2) is 60.4 Å². The molecule has 2 saturated heterocycles. The van der Waals surface area contributed by atoms with Crippen molar-refractivity contribution < 1.29 is 9.59 Å². The number of imide groups is 1. The quantitative estimate of drug-likeness (QED) is 0.731. The Hall–Kier alpha value is -0.940. The molecule has 0 aromatic carbocycles. The lowest BCUT2D eigenvalue weighted by atomic mass is 9.99. The number of hydrogen-bond donors (Lipinski definition) is 1. The van der Waals surface area contributed by atoms with Crippen LogP contribution in [0.2, 0.25) is 0 Å². The van der Waals surface area contributed by atoms with E-state index in [4.69, 9.17) is 0 Å². The third kappa shape index (κ3) is 2.90. The predicted octanol–water partition coefficient (Wildman–Crippen LogP) is 0.208. The smallest absolute Gasteiger partial charge is 0.246 e. The fourth-order valence-electron chi connectivity index (χ4n) is 2.80. The van der Waals surface area contributed by atoms with Gasteiger partial charge >= 0.3 is 0 Å². The fraction of sp³-hybridized carbons (Fsp3) is 0.846. The SMILES string of the molecule is CC1NCC(=O)N(CCC2CCCCN2C)C1=O. The highest BCUT2D eigenvalue weighted by Crippen LogP contribution is 2.18. The third-order valence-electron chi connectivity index (χ3n) is 4.10. The maximum absolute atomic E-state index is 11.9. The van der Waals surface area contributed by atoms with Crippen LogP contribution in [0, 0.1) is 0 Å². The molecule has 0 aliphatic carbocycles. The zero-order valence-electron chi connectivity index (χ0n) is 11.3. The van der Waals surface area contributed by atoms with E-state index in [0.29, 0.717) is 12.6 Å². The van der Waals surface area contributed by atoms with Gasteiger partial charge in [0.2, 0.25) is 11.8 Å². The second kappa shape index (κ2) is 5.80. The van der Waals surface area contributed by atoms with Crippen LogP contribution in [0.15, 0.2) is 0 Å². The topological polar surface area (TPSA) is 52.7 Å². The monoisotopic (exact) mass is 253 g/mol. The molecule has 2 atom stereocenters. The molecule has 0 bridgehead atoms. The van der Waals surface area contributed by atoms with Crippen molar-refractivity contribution in [3.05, 3.63) is 0 Å². The van der Waals surface area contributed by atoms with Crippen LogP contribution in [0.4, 0.5) is 0 Å². The van der Waals surface area contributed by atoms with Gasteiger partial charge in [0, 0.05) is 12.6 Å². The van der Waals surface area contributed by atoms with Crippen molar-refractivity contribution in [1.29, 1.82) is 0 Å². The maximum Gasteiger partial charge on any atom is 0.246 e. The molecule has 0 spiro atoms. The molecule has 2 aliphatic heterocycles. The minimum Gasteiger partial charge on any atom is -0.303 e. The minimum absolute atomic E-state index is 0.0790. The van der Waals surface area contributed by atoms with E-state index in [1.54, 1.807) is 0 Å². The Morgan fingerprint density at radius 2 is 2.11 bits per heavy atom. The van der Waals surface area contributed by atoms with Crippen LogP contribution in [0.5, 0.6) is 0 Å². The predicted molar refractivity (Wildman–Crippen MR) is 69.1 cm³/mol. The first-order valence-corrected chi connectivity index (χ1v) is 6.87. The average Bonchev–Trinajstić information content (AvgIpc) is 2.36. The third-order valence-corrected chi connectivity index (χ3v) is 4.10. The van der Waals surface area contributed by atoms with Crippen LogP contribution < -0.4 is 5.32 Å². The molecule has 0 aromatic rings. The normalized spacial score (nSPS) is 30.9. The van der Waals surface area contributed by atoms with Gasteiger partial charge in [-0.15, -0.1) is 0 Å². The van der Waals surface area contributed by atoms with Crippen molar-refractivity contribution in [2.24, 2.45) is 0 Å². The highest BCUT2D eigenvalue weighted by atomic mass is 16.2. The lowest BCUT2D eigenvalue weighted by Gasteiger charge is -2.35. The number of piperazine rings is 1. The van der Waals surface area contributed by atoms with Gasteiger partial charge in [-0.3, -0.25) is 19.8 Å². The maximum atomic E-state index is 11.9. The molecule has 0 saturated carbocycles. The van der Waals surface area contributed by atoms with E-state index in [1.165, 1.54) is 24.2 Å². The second-order valence-electron chi connectivity index (χ2n) is 5.41. The number of likely N-dealkylation sites (tertiary alicyclic amines) is 1. The van der Waals surface area contributed by atoms with Gasteiger partial charge in [-0.05, 0) is 39.8 Å². The standard InChI is InChI=1S/C13H23N3O2/c1-10-13(18)16(12(17)9-14-10)8-6-11-5-3-4-7-15(11)2/h10-11,14H,3-9H2,1-2H3. The van der Waals surface area contributed by atoms with Gasteiger partial charge in [-0.2, -0.15) is 0 Å². The molecular weight excluding hydrogens is 230 g/mol. The highest BCUT2D eigenvalue weighted by Gasteiger charge is 2.31. The second-order valence-corrected chi connectivity index (χ2v) is 5.41. The minimum atomic E-state index is -0.230. The van der Waals surface area contributed by atoms with Gasteiger partial charge in [-0.1, -0.05) is 6.42 Å². The Labute approximate surface area is 108 Å². The summed E-state index contributed by atoms with van der Waals surface area (Å²) in [5, 5.41) is 2.91. The zero-order chi connectivity index (χ0) is 13.1. The number of piperidine rings is 1. The van der Waals surface area contributed by atoms with Crippen LogP contribution in [0.25, 0.3) is 0 Å². The van der Waals surface area contributed by atoms with Crippen molar-refractivity contribution in [3.63, 3.8) is 0 Å². The number of rotatable bonds is 3. The van der Waals surface area contributed by atoms with Gasteiger partial charge < -0.3 is 4.90 Å². The van der Waals surface area contributed by atoms with Crippen LogP contribution in [-0.2, 0) is 9.59 Å². The number of hydrogen-bond acceptors (Lipinski definition) is 4. The first-order valence-electron chi connectivity index (χ1n) is 6.87. The molecule has 2 unspecified atom stereocenters. The highest BCUT2D eigenvalue weighted by molar-refractivity contribution is 6.00. The molecule has 2 heterocycles. The Balaban J connectivity index is 1.88. The summed E-state index contributed by atoms with van der Waals surface area (Å²) < 4.78 is 0. The van der Waals surface area contributed by atoms with E-state index in [-0.39, 0.29) is 24.4 Å². The molecular formula is C13H23N3O2. The summed E-state index contributed by atoms with van der Waals surface area (Å²) in [7, 11) is 2.13. The van der Waals surface area contributed by atoms with Crippen molar-refractivity contribution in [3.8, 4) is 0 Å². The molecule has 102 valence electrons. The summed E-state index contributed by atoms with van der Waals surface area (Å²) in [4.78, 5) is 27.4. The molecule has 2 rings (SSSR count). The van der Waals surface area contributed by atoms with E-state index in [2.05, 4.69) is 17.3 Å². The number of nitrogens with one attached hydrogen (secondary N) is 1. The Morgan fingerprint density at radius 1 is 1.33 bits per heavy atom. The molecule has 18 heavy (non-hydrogen) atoms. The summed E-state index contributed by atoms with van der Waals surface area (Å²) in [5.41, 5.74) is 0. The zero-order valence-corrected chi connectivity index (χ0v) is 11.3. The summed E-state index contributed by atoms with van der Waals surface area (Å²) in [6.07, 6.45) is 4.60. The molecule has 5 heteroatoms. The van der Waals surface area contributed by atoms with Gasteiger partial charge in [0.05, 0.1) is 12.6 Å². The van der Waals surface area contributed by atoms with E-state index in [1.807, 2.05) is 6.92 Å². The summed E-state index contributed by atoms with van der Waals surface area (Å²) in [5.74, 6) is -0.165. The molecule has 2 amide bonds. The molecule has 5 nitrogen and oxygen atoms in total. The van der Waals surface area contributed by atoms with E-state index < -0.39 is 0 Å². The van der Waals surface area contributed by atoms with Crippen molar-refractivity contribution in [2.75, 3.05) is 26.7 Å². The molecule has 1 N–H and O–H groups in total. The fourth-order valence-corrected chi connectivity index (χ4v) is 2.80. The van der Waals surface area contributed by atoms with E-state index >= 15 is 0 Å². The molecule has 2 fully saturated rings. The number of nitrogens with zero attached hydrogens (tertiary/aromatic N) is 2. The van der Waals surface area contributed by atoms with Crippen LogP contribution in [0.3, 0.4) is 0 Å². The number of carbonyl (C=O) groups is 2. The first kappa shape index (κ1) is 13.5. The average molecular weight is 253 g/mol. The van der Waals surface area contributed by atoms with Gasteiger partial charge in [0.15, 0.2) is 0 Å². The first-order chi connectivity index (χ1) is 8.59. The largest absolute Gasteiger partial charge is 0.303 e. The van der Waals surface area contributed by atoms with Crippen LogP contribution in [0.1, 0.15) is 32.6 Å². The van der Waals surface area contributed by atoms with Crippen molar-refractivity contribution in [1.82, 2.24) is 15.1 Å². The number of carbonyl (C=O) groups excluding carboxylic acids is 2. The Kier molecular flexibility index (Phi) is 4.35. The van der Waals surface area contributed by atoms with Gasteiger partial charge in [0.25, 0.3) is 0 Å². The summed E-state index contributed by atoms with van der Waals surface area (Å²) in [6.45, 7) is 3.80. The lowest BCUT2D eigenvalue weighted by Crippen LogP contribution is -2.57. The van der Waals surface area contributed by atoms with E-state index in [0.717, 1.165) is 13.0 Å². The van der Waals surface area contributed by atoms with E-state index in [9.17, 15) is 9.59 Å². The van der Waals surface area contributed by atoms with Gasteiger partial charge in [-0.25, -0.2) is 0 Å². The summed E-state index contributed by atoms with van der Waals surface area (Å²) >= 11 is 0. The molecule has 2 aliphatic rings. The van der Waals surface area contributed by atoms with Gasteiger partial charge in [0.1, 0.15) is 0 Å². The molecule has 0 aromatic heterocycles.